The third-order valence-corrected chi connectivity index (χ3v) is 6.70. The molecule has 3 atom stereocenters. The van der Waals surface area contributed by atoms with Crippen LogP contribution in [-0.2, 0) is 9.59 Å². The van der Waals surface area contributed by atoms with Crippen molar-refractivity contribution >= 4 is 23.7 Å². The Hall–Kier alpha value is -3.56. The molecule has 2 aromatic heterocycles. The minimum atomic E-state index is -0.502. The van der Waals surface area contributed by atoms with E-state index in [2.05, 4.69) is 20.3 Å². The van der Waals surface area contributed by atoms with Gasteiger partial charge in [-0.2, -0.15) is 4.98 Å². The Kier molecular flexibility index (Phi) is 7.89. The molecule has 2 amide bonds. The van der Waals surface area contributed by atoms with Crippen molar-refractivity contribution in [3.63, 3.8) is 0 Å². The lowest BCUT2D eigenvalue weighted by atomic mass is 10.2. The number of piperidine rings is 1. The number of hydrogen-bond acceptors (Lipinski definition) is 7. The van der Waals surface area contributed by atoms with Crippen LogP contribution < -0.4 is 15.0 Å². The number of ether oxygens (including phenoxy) is 1. The number of carbonyl (C=O) groups excluding carboxylic acids is 2. The highest BCUT2D eigenvalue weighted by atomic mass is 19.1. The zero-order valence-electron chi connectivity index (χ0n) is 20.1. The number of nitrogens with one attached hydrogen (secondary N) is 1. The van der Waals surface area contributed by atoms with E-state index in [1.54, 1.807) is 23.4 Å². The van der Waals surface area contributed by atoms with Crippen molar-refractivity contribution in [2.75, 3.05) is 44.2 Å². The van der Waals surface area contributed by atoms with E-state index >= 15 is 0 Å². The average molecular weight is 483 g/mol. The molecular formula is C25H31FN6O3. The summed E-state index contributed by atoms with van der Waals surface area (Å²) in [4.78, 5) is 39.8. The van der Waals surface area contributed by atoms with Gasteiger partial charge in [0.1, 0.15) is 0 Å². The summed E-state index contributed by atoms with van der Waals surface area (Å²) in [6.45, 7) is 6.82. The third kappa shape index (κ3) is 6.12. The van der Waals surface area contributed by atoms with Crippen molar-refractivity contribution < 1.29 is 18.7 Å². The lowest BCUT2D eigenvalue weighted by Crippen LogP contribution is -2.34. The number of fused-ring (bicyclic) bond motifs is 1. The van der Waals surface area contributed by atoms with Crippen molar-refractivity contribution in [1.29, 1.82) is 0 Å². The Morgan fingerprint density at radius 3 is 2.71 bits per heavy atom. The topological polar surface area (TPSA) is 101 Å². The molecule has 1 aliphatic heterocycles. The Balaban J connectivity index is 1.21. The maximum atomic E-state index is 14.4. The number of anilines is 1. The van der Waals surface area contributed by atoms with Crippen molar-refractivity contribution in [3.8, 4) is 6.01 Å². The van der Waals surface area contributed by atoms with E-state index in [-0.39, 0.29) is 30.2 Å². The van der Waals surface area contributed by atoms with E-state index in [1.165, 1.54) is 6.08 Å². The van der Waals surface area contributed by atoms with Gasteiger partial charge in [0.15, 0.2) is 18.2 Å². The molecule has 1 N–H and O–H groups in total. The quantitative estimate of drug-likeness (QED) is 0.490. The van der Waals surface area contributed by atoms with E-state index in [0.717, 1.165) is 18.2 Å². The monoisotopic (exact) mass is 482 g/mol. The molecule has 3 heterocycles. The number of halogens is 1. The maximum Gasteiger partial charge on any atom is 0.319 e. The van der Waals surface area contributed by atoms with Crippen LogP contribution in [0.4, 0.5) is 10.2 Å². The molecule has 1 aliphatic carbocycles. The molecule has 1 saturated heterocycles. The first kappa shape index (κ1) is 24.6. The van der Waals surface area contributed by atoms with Crippen LogP contribution in [0.2, 0.25) is 0 Å². The molecule has 2 fully saturated rings. The lowest BCUT2D eigenvalue weighted by Gasteiger charge is -2.22. The SMILES string of the molecule is CCN(CC)C(=O)COc1ncc(F)c(N2C[C@@H]3C(CCNC(=O)/C=C/c4cccnc4)[C@@H]3C2)n1. The minimum absolute atomic E-state index is 0.00100. The van der Waals surface area contributed by atoms with Gasteiger partial charge in [-0.25, -0.2) is 9.37 Å². The van der Waals surface area contributed by atoms with Crippen LogP contribution in [0.1, 0.15) is 25.8 Å². The second kappa shape index (κ2) is 11.2. The van der Waals surface area contributed by atoms with E-state index in [4.69, 9.17) is 4.74 Å². The highest BCUT2D eigenvalue weighted by Crippen LogP contribution is 2.54. The summed E-state index contributed by atoms with van der Waals surface area (Å²) in [6, 6.07) is 3.71. The standard InChI is InChI=1S/C25H31FN6O3/c1-3-31(4-2)23(34)16-35-25-29-13-21(26)24(30-25)32-14-19-18(20(19)15-32)9-11-28-22(33)8-7-17-6-5-10-27-12-17/h5-8,10,12-13,18-20H,3-4,9,11,14-16H2,1-2H3,(H,28,33)/b8-7+/t18?,19-,20+. The molecule has 10 heteroatoms. The number of hydrogen-bond donors (Lipinski definition) is 1. The normalized spacial score (nSPS) is 20.5. The summed E-state index contributed by atoms with van der Waals surface area (Å²) in [5.41, 5.74) is 0.875. The van der Waals surface area contributed by atoms with Crippen LogP contribution in [0.5, 0.6) is 6.01 Å². The molecule has 35 heavy (non-hydrogen) atoms. The summed E-state index contributed by atoms with van der Waals surface area (Å²) in [6.07, 6.45) is 8.62. The predicted molar refractivity (Wildman–Crippen MR) is 129 cm³/mol. The van der Waals surface area contributed by atoms with Gasteiger partial charge in [0, 0.05) is 51.2 Å². The van der Waals surface area contributed by atoms with Gasteiger partial charge in [0.25, 0.3) is 5.91 Å². The molecule has 2 aliphatic rings. The van der Waals surface area contributed by atoms with E-state index in [0.29, 0.717) is 50.5 Å². The molecule has 1 saturated carbocycles. The molecule has 0 bridgehead atoms. The summed E-state index contributed by atoms with van der Waals surface area (Å²) in [7, 11) is 0. The van der Waals surface area contributed by atoms with Crippen molar-refractivity contribution in [3.05, 3.63) is 48.2 Å². The molecule has 2 aromatic rings. The van der Waals surface area contributed by atoms with Gasteiger partial charge in [-0.1, -0.05) is 6.07 Å². The Morgan fingerprint density at radius 1 is 1.26 bits per heavy atom. The summed E-state index contributed by atoms with van der Waals surface area (Å²) in [5.74, 6) is 0.858. The number of likely N-dealkylation sites (N-methyl/N-ethyl adjacent to an activating group) is 1. The van der Waals surface area contributed by atoms with Crippen LogP contribution in [-0.4, -0.2) is 71.0 Å². The van der Waals surface area contributed by atoms with Gasteiger partial charge < -0.3 is 19.9 Å². The van der Waals surface area contributed by atoms with Crippen LogP contribution in [0.3, 0.4) is 0 Å². The molecule has 0 aromatic carbocycles. The Labute approximate surface area is 204 Å². The smallest absolute Gasteiger partial charge is 0.319 e. The van der Waals surface area contributed by atoms with Crippen molar-refractivity contribution in [2.45, 2.75) is 20.3 Å². The van der Waals surface area contributed by atoms with E-state index in [9.17, 15) is 14.0 Å². The number of rotatable bonds is 11. The minimum Gasteiger partial charge on any atom is -0.453 e. The van der Waals surface area contributed by atoms with Gasteiger partial charge in [-0.3, -0.25) is 14.6 Å². The number of carbonyl (C=O) groups is 2. The maximum absolute atomic E-state index is 14.4. The summed E-state index contributed by atoms with van der Waals surface area (Å²) in [5, 5.41) is 2.92. The molecule has 4 rings (SSSR count). The van der Waals surface area contributed by atoms with Crippen LogP contribution >= 0.6 is 0 Å². The van der Waals surface area contributed by atoms with Gasteiger partial charge in [-0.05, 0) is 55.7 Å². The zero-order valence-corrected chi connectivity index (χ0v) is 20.1. The summed E-state index contributed by atoms with van der Waals surface area (Å²) >= 11 is 0. The fraction of sp³-hybridized carbons (Fsp3) is 0.480. The Morgan fingerprint density at radius 2 is 2.03 bits per heavy atom. The molecule has 9 nitrogen and oxygen atoms in total. The lowest BCUT2D eigenvalue weighted by molar-refractivity contribution is -0.133. The average Bonchev–Trinajstić information content (AvgIpc) is 3.31. The first-order valence-corrected chi connectivity index (χ1v) is 12.0. The fourth-order valence-corrected chi connectivity index (χ4v) is 4.75. The second-order valence-electron chi connectivity index (χ2n) is 8.77. The number of amides is 2. The first-order valence-electron chi connectivity index (χ1n) is 12.0. The molecule has 0 spiro atoms. The van der Waals surface area contributed by atoms with Crippen LogP contribution in [0, 0.1) is 23.6 Å². The van der Waals surface area contributed by atoms with E-state index in [1.807, 2.05) is 30.9 Å². The van der Waals surface area contributed by atoms with Crippen LogP contribution in [0.15, 0.2) is 36.8 Å². The largest absolute Gasteiger partial charge is 0.453 e. The summed E-state index contributed by atoms with van der Waals surface area (Å²) < 4.78 is 19.9. The highest BCUT2D eigenvalue weighted by Gasteiger charge is 2.55. The van der Waals surface area contributed by atoms with Gasteiger partial charge in [0.2, 0.25) is 5.91 Å². The van der Waals surface area contributed by atoms with Crippen LogP contribution in [0.25, 0.3) is 6.08 Å². The first-order chi connectivity index (χ1) is 17.0. The van der Waals surface area contributed by atoms with Gasteiger partial charge in [0.05, 0.1) is 6.20 Å². The zero-order chi connectivity index (χ0) is 24.8. The number of pyridine rings is 1. The predicted octanol–water partition coefficient (Wildman–Crippen LogP) is 2.16. The molecular weight excluding hydrogens is 451 g/mol. The molecule has 186 valence electrons. The molecule has 1 unspecified atom stereocenters. The molecule has 0 radical (unpaired) electrons. The second-order valence-corrected chi connectivity index (χ2v) is 8.77. The van der Waals surface area contributed by atoms with Crippen molar-refractivity contribution in [1.82, 2.24) is 25.2 Å². The third-order valence-electron chi connectivity index (χ3n) is 6.70. The number of aromatic nitrogens is 3. The van der Waals surface area contributed by atoms with Gasteiger partial charge >= 0.3 is 6.01 Å². The fourth-order valence-electron chi connectivity index (χ4n) is 4.75. The van der Waals surface area contributed by atoms with E-state index < -0.39 is 5.82 Å². The van der Waals surface area contributed by atoms with Crippen molar-refractivity contribution in [2.24, 2.45) is 17.8 Å². The number of nitrogens with zero attached hydrogens (tertiary/aromatic N) is 5. The Bertz CT molecular complexity index is 1050. The highest BCUT2D eigenvalue weighted by molar-refractivity contribution is 5.91. The van der Waals surface area contributed by atoms with Gasteiger partial charge in [-0.15, -0.1) is 0 Å².